The first-order chi connectivity index (χ1) is 9.13. The molecule has 1 aromatic rings. The highest BCUT2D eigenvalue weighted by atomic mass is 16.3. The molecule has 0 radical (unpaired) electrons. The van der Waals surface area contributed by atoms with Crippen LogP contribution in [0, 0.1) is 6.92 Å². The molecular weight excluding hydrogens is 242 g/mol. The molecule has 1 heterocycles. The summed E-state index contributed by atoms with van der Waals surface area (Å²) < 4.78 is 0. The fourth-order valence-corrected chi connectivity index (χ4v) is 2.38. The first kappa shape index (κ1) is 13.8. The van der Waals surface area contributed by atoms with Crippen molar-refractivity contribution in [1.82, 2.24) is 9.80 Å². The summed E-state index contributed by atoms with van der Waals surface area (Å²) in [6.45, 7) is 6.46. The van der Waals surface area contributed by atoms with Gasteiger partial charge in [-0.3, -0.25) is 9.69 Å². The van der Waals surface area contributed by atoms with Gasteiger partial charge in [-0.15, -0.1) is 0 Å². The molecule has 5 heteroatoms. The predicted octanol–water partition coefficient (Wildman–Crippen LogP) is 0.417. The molecule has 0 spiro atoms. The van der Waals surface area contributed by atoms with Gasteiger partial charge in [0, 0.05) is 50.4 Å². The van der Waals surface area contributed by atoms with Crippen LogP contribution >= 0.6 is 0 Å². The lowest BCUT2D eigenvalue weighted by Crippen LogP contribution is -2.49. The van der Waals surface area contributed by atoms with E-state index in [-0.39, 0.29) is 11.7 Å². The Morgan fingerprint density at radius 2 is 2.00 bits per heavy atom. The number of nitrogens with two attached hydrogens (primary N) is 1. The van der Waals surface area contributed by atoms with E-state index in [1.807, 2.05) is 4.90 Å². The third kappa shape index (κ3) is 3.05. The molecule has 1 amide bonds. The van der Waals surface area contributed by atoms with E-state index in [1.54, 1.807) is 25.1 Å². The summed E-state index contributed by atoms with van der Waals surface area (Å²) in [6.07, 6.45) is 0. The van der Waals surface area contributed by atoms with Gasteiger partial charge in [0.25, 0.3) is 5.91 Å². The normalized spacial score (nSPS) is 16.6. The number of amides is 1. The molecule has 5 nitrogen and oxygen atoms in total. The Bertz CT molecular complexity index is 454. The highest BCUT2D eigenvalue weighted by molar-refractivity contribution is 5.96. The third-order valence-corrected chi connectivity index (χ3v) is 3.64. The fraction of sp³-hybridized carbons (Fsp3) is 0.500. The second kappa shape index (κ2) is 6.04. The second-order valence-electron chi connectivity index (χ2n) is 4.87. The maximum Gasteiger partial charge on any atom is 0.254 e. The number of hydrogen-bond donors (Lipinski definition) is 2. The summed E-state index contributed by atoms with van der Waals surface area (Å²) in [5.74, 6) is 0.174. The van der Waals surface area contributed by atoms with Gasteiger partial charge in [0.2, 0.25) is 0 Å². The molecule has 0 saturated carbocycles. The maximum absolute atomic E-state index is 12.4. The number of rotatable bonds is 3. The Labute approximate surface area is 113 Å². The van der Waals surface area contributed by atoms with E-state index in [1.165, 1.54) is 0 Å². The molecule has 0 atom stereocenters. The number of aromatic hydroxyl groups is 1. The van der Waals surface area contributed by atoms with E-state index < -0.39 is 0 Å². The minimum Gasteiger partial charge on any atom is -0.508 e. The van der Waals surface area contributed by atoms with Crippen LogP contribution < -0.4 is 5.73 Å². The highest BCUT2D eigenvalue weighted by Crippen LogP contribution is 2.21. The van der Waals surface area contributed by atoms with Crippen molar-refractivity contribution in [2.45, 2.75) is 6.92 Å². The van der Waals surface area contributed by atoms with Crippen LogP contribution in [0.2, 0.25) is 0 Å². The predicted molar refractivity (Wildman–Crippen MR) is 74.2 cm³/mol. The lowest BCUT2D eigenvalue weighted by Gasteiger charge is -2.34. The molecule has 19 heavy (non-hydrogen) atoms. The topological polar surface area (TPSA) is 69.8 Å². The Morgan fingerprint density at radius 1 is 1.32 bits per heavy atom. The van der Waals surface area contributed by atoms with E-state index in [0.29, 0.717) is 30.8 Å². The number of nitrogens with zero attached hydrogens (tertiary/aromatic N) is 2. The van der Waals surface area contributed by atoms with Crippen LogP contribution in [-0.4, -0.2) is 60.1 Å². The van der Waals surface area contributed by atoms with Gasteiger partial charge in [0.15, 0.2) is 0 Å². The molecular formula is C14H21N3O2. The molecule has 3 N–H and O–H groups in total. The van der Waals surface area contributed by atoms with Crippen molar-refractivity contribution in [3.63, 3.8) is 0 Å². The fourth-order valence-electron chi connectivity index (χ4n) is 2.38. The minimum absolute atomic E-state index is 0.000739. The summed E-state index contributed by atoms with van der Waals surface area (Å²) in [4.78, 5) is 16.5. The van der Waals surface area contributed by atoms with Gasteiger partial charge >= 0.3 is 0 Å². The van der Waals surface area contributed by atoms with Gasteiger partial charge in [0.05, 0.1) is 0 Å². The van der Waals surface area contributed by atoms with Gasteiger partial charge in [-0.2, -0.15) is 0 Å². The van der Waals surface area contributed by atoms with Crippen LogP contribution in [0.25, 0.3) is 0 Å². The van der Waals surface area contributed by atoms with Crippen LogP contribution in [0.5, 0.6) is 5.75 Å². The molecule has 0 unspecified atom stereocenters. The second-order valence-corrected chi connectivity index (χ2v) is 4.87. The Hall–Kier alpha value is -1.59. The Kier molecular flexibility index (Phi) is 4.39. The molecule has 104 valence electrons. The first-order valence-electron chi connectivity index (χ1n) is 6.63. The maximum atomic E-state index is 12.4. The van der Waals surface area contributed by atoms with Gasteiger partial charge in [-0.1, -0.05) is 6.07 Å². The van der Waals surface area contributed by atoms with Crippen LogP contribution in [0.3, 0.4) is 0 Å². The average Bonchev–Trinajstić information content (AvgIpc) is 2.42. The van der Waals surface area contributed by atoms with E-state index in [0.717, 1.165) is 19.6 Å². The van der Waals surface area contributed by atoms with E-state index in [4.69, 9.17) is 5.73 Å². The molecule has 1 fully saturated rings. The Morgan fingerprint density at radius 3 is 2.63 bits per heavy atom. The first-order valence-corrected chi connectivity index (χ1v) is 6.63. The molecule has 2 rings (SSSR count). The molecule has 1 aliphatic rings. The summed E-state index contributed by atoms with van der Waals surface area (Å²) in [6, 6.07) is 5.08. The lowest BCUT2D eigenvalue weighted by molar-refractivity contribution is 0.0640. The van der Waals surface area contributed by atoms with Gasteiger partial charge < -0.3 is 15.7 Å². The Balaban J connectivity index is 2.03. The monoisotopic (exact) mass is 263 g/mol. The van der Waals surface area contributed by atoms with Gasteiger partial charge in [-0.25, -0.2) is 0 Å². The van der Waals surface area contributed by atoms with Crippen molar-refractivity contribution in [3.05, 3.63) is 29.3 Å². The van der Waals surface area contributed by atoms with Crippen LogP contribution in [0.4, 0.5) is 0 Å². The third-order valence-electron chi connectivity index (χ3n) is 3.64. The van der Waals surface area contributed by atoms with E-state index in [9.17, 15) is 9.90 Å². The van der Waals surface area contributed by atoms with E-state index >= 15 is 0 Å². The van der Waals surface area contributed by atoms with Crippen molar-refractivity contribution in [1.29, 1.82) is 0 Å². The summed E-state index contributed by atoms with van der Waals surface area (Å²) in [7, 11) is 0. The zero-order chi connectivity index (χ0) is 13.8. The van der Waals surface area contributed by atoms with Gasteiger partial charge in [-0.05, 0) is 19.1 Å². The van der Waals surface area contributed by atoms with E-state index in [2.05, 4.69) is 4.90 Å². The van der Waals surface area contributed by atoms with Crippen molar-refractivity contribution in [2.24, 2.45) is 5.73 Å². The smallest absolute Gasteiger partial charge is 0.254 e. The summed E-state index contributed by atoms with van der Waals surface area (Å²) in [5.41, 5.74) is 6.77. The van der Waals surface area contributed by atoms with Crippen LogP contribution in [0.15, 0.2) is 18.2 Å². The zero-order valence-corrected chi connectivity index (χ0v) is 11.3. The molecule has 1 aliphatic heterocycles. The SMILES string of the molecule is Cc1c(O)cccc1C(=O)N1CCN(CCN)CC1. The number of carbonyl (C=O) groups excluding carboxylic acids is 1. The molecule has 0 aromatic heterocycles. The number of benzene rings is 1. The largest absolute Gasteiger partial charge is 0.508 e. The molecule has 0 bridgehead atoms. The van der Waals surface area contributed by atoms with Crippen molar-refractivity contribution in [3.8, 4) is 5.75 Å². The minimum atomic E-state index is 0.000739. The quantitative estimate of drug-likeness (QED) is 0.829. The standard InChI is InChI=1S/C14H21N3O2/c1-11-12(3-2-4-13(11)18)14(19)17-9-7-16(6-5-15)8-10-17/h2-4,18H,5-10,15H2,1H3. The number of hydrogen-bond acceptors (Lipinski definition) is 4. The number of phenols is 1. The highest BCUT2D eigenvalue weighted by Gasteiger charge is 2.23. The van der Waals surface area contributed by atoms with Crippen molar-refractivity contribution in [2.75, 3.05) is 39.3 Å². The average molecular weight is 263 g/mol. The molecule has 1 saturated heterocycles. The summed E-state index contributed by atoms with van der Waals surface area (Å²) >= 11 is 0. The van der Waals surface area contributed by atoms with Crippen molar-refractivity contribution < 1.29 is 9.90 Å². The number of phenolic OH excluding ortho intramolecular Hbond substituents is 1. The van der Waals surface area contributed by atoms with Crippen LogP contribution in [0.1, 0.15) is 15.9 Å². The summed E-state index contributed by atoms with van der Waals surface area (Å²) in [5, 5.41) is 9.67. The van der Waals surface area contributed by atoms with Gasteiger partial charge in [0.1, 0.15) is 5.75 Å². The number of piperazine rings is 1. The lowest BCUT2D eigenvalue weighted by atomic mass is 10.1. The molecule has 0 aliphatic carbocycles. The zero-order valence-electron chi connectivity index (χ0n) is 11.3. The number of carbonyl (C=O) groups is 1. The molecule has 1 aromatic carbocycles. The van der Waals surface area contributed by atoms with Crippen LogP contribution in [-0.2, 0) is 0 Å². The van der Waals surface area contributed by atoms with Crippen molar-refractivity contribution >= 4 is 5.91 Å².